The number of ether oxygens (including phenoxy) is 1. The Morgan fingerprint density at radius 2 is 2.23 bits per heavy atom. The zero-order valence-electron chi connectivity index (χ0n) is 17.0. The lowest BCUT2D eigenvalue weighted by atomic mass is 9.95. The van der Waals surface area contributed by atoms with Crippen molar-refractivity contribution < 1.29 is 24.0 Å². The molecule has 0 bridgehead atoms. The lowest BCUT2D eigenvalue weighted by Gasteiger charge is -2.34. The molecule has 2 aliphatic rings. The van der Waals surface area contributed by atoms with Crippen molar-refractivity contribution in [2.24, 2.45) is 5.92 Å². The van der Waals surface area contributed by atoms with Gasteiger partial charge >= 0.3 is 6.09 Å². The zero-order valence-corrected chi connectivity index (χ0v) is 17.0. The van der Waals surface area contributed by atoms with Gasteiger partial charge in [-0.2, -0.15) is 5.10 Å². The first kappa shape index (κ1) is 20.4. The molecule has 2 aromatic rings. The maximum atomic E-state index is 12.2. The number of hydrogen-bond donors (Lipinski definition) is 3. The molecule has 1 aliphatic carbocycles. The van der Waals surface area contributed by atoms with Crippen LogP contribution in [0, 0.1) is 12.8 Å². The van der Waals surface area contributed by atoms with Crippen LogP contribution >= 0.6 is 0 Å². The number of aryl methyl sites for hydroxylation is 1. The molecule has 3 heterocycles. The van der Waals surface area contributed by atoms with E-state index < -0.39 is 6.09 Å². The molecule has 0 aromatic carbocycles. The van der Waals surface area contributed by atoms with Crippen molar-refractivity contribution in [3.8, 4) is 0 Å². The highest BCUT2D eigenvalue weighted by Gasteiger charge is 2.33. The molecular formula is C20H27N5O5. The van der Waals surface area contributed by atoms with Gasteiger partial charge in [0.15, 0.2) is 5.82 Å². The molecule has 2 aromatic heterocycles. The second-order valence-electron chi connectivity index (χ2n) is 8.18. The summed E-state index contributed by atoms with van der Waals surface area (Å²) in [5.41, 5.74) is 1.74. The molecule has 3 atom stereocenters. The number of nitrogens with one attached hydrogen (secondary N) is 2. The Labute approximate surface area is 173 Å². The normalized spacial score (nSPS) is 24.2. The van der Waals surface area contributed by atoms with Crippen molar-refractivity contribution in [3.05, 3.63) is 29.3 Å². The molecule has 10 heteroatoms. The topological polar surface area (TPSA) is 134 Å². The Hall–Kier alpha value is -2.88. The molecule has 162 valence electrons. The number of amides is 2. The van der Waals surface area contributed by atoms with E-state index in [-0.39, 0.29) is 18.4 Å². The van der Waals surface area contributed by atoms with Crippen LogP contribution < -0.4 is 5.32 Å². The highest BCUT2D eigenvalue weighted by atomic mass is 16.5. The number of carbonyl (C=O) groups is 2. The van der Waals surface area contributed by atoms with Crippen molar-refractivity contribution in [1.82, 2.24) is 20.3 Å². The predicted molar refractivity (Wildman–Crippen MR) is 106 cm³/mol. The van der Waals surface area contributed by atoms with Crippen LogP contribution in [0.4, 0.5) is 10.6 Å². The van der Waals surface area contributed by atoms with Gasteiger partial charge in [0.1, 0.15) is 5.76 Å². The first-order chi connectivity index (χ1) is 14.5. The summed E-state index contributed by atoms with van der Waals surface area (Å²) in [6, 6.07) is 3.54. The SMILES string of the molecule is Cc1cc(CC(=O)Nc2cc(C3CCC(C[C@@H]4COCCN4C(=O)O)C3)[nH]n2)on1. The van der Waals surface area contributed by atoms with Crippen molar-refractivity contribution in [3.63, 3.8) is 0 Å². The average molecular weight is 417 g/mol. The molecule has 1 aliphatic heterocycles. The zero-order chi connectivity index (χ0) is 21.1. The number of aromatic amines is 1. The van der Waals surface area contributed by atoms with E-state index >= 15 is 0 Å². The summed E-state index contributed by atoms with van der Waals surface area (Å²) in [6.07, 6.45) is 3.08. The van der Waals surface area contributed by atoms with Crippen molar-refractivity contribution in [1.29, 1.82) is 0 Å². The van der Waals surface area contributed by atoms with Crippen LogP contribution in [0.1, 0.15) is 48.7 Å². The smallest absolute Gasteiger partial charge is 0.407 e. The van der Waals surface area contributed by atoms with Crippen LogP contribution in [-0.2, 0) is 16.0 Å². The maximum absolute atomic E-state index is 12.2. The molecule has 30 heavy (non-hydrogen) atoms. The van der Waals surface area contributed by atoms with Crippen LogP contribution in [0.5, 0.6) is 0 Å². The van der Waals surface area contributed by atoms with Gasteiger partial charge in [-0.25, -0.2) is 4.79 Å². The fraction of sp³-hybridized carbons (Fsp3) is 0.600. The second kappa shape index (κ2) is 8.86. The third kappa shape index (κ3) is 4.81. The van der Waals surface area contributed by atoms with Crippen LogP contribution in [0.3, 0.4) is 0 Å². The molecule has 1 saturated carbocycles. The molecule has 4 rings (SSSR count). The molecule has 10 nitrogen and oxygen atoms in total. The van der Waals surface area contributed by atoms with Gasteiger partial charge in [-0.15, -0.1) is 0 Å². The average Bonchev–Trinajstić information content (AvgIpc) is 3.44. The van der Waals surface area contributed by atoms with Crippen LogP contribution in [0.2, 0.25) is 0 Å². The minimum atomic E-state index is -0.868. The summed E-state index contributed by atoms with van der Waals surface area (Å²) in [5, 5.41) is 23.2. The summed E-state index contributed by atoms with van der Waals surface area (Å²) in [7, 11) is 0. The number of nitrogens with zero attached hydrogens (tertiary/aromatic N) is 3. The van der Waals surface area contributed by atoms with E-state index in [2.05, 4.69) is 20.7 Å². The fourth-order valence-corrected chi connectivity index (χ4v) is 4.51. The van der Waals surface area contributed by atoms with Gasteiger partial charge < -0.3 is 24.6 Å². The molecule has 0 radical (unpaired) electrons. The Balaban J connectivity index is 1.29. The van der Waals surface area contributed by atoms with E-state index in [1.807, 2.05) is 6.07 Å². The van der Waals surface area contributed by atoms with Crippen LogP contribution in [0.25, 0.3) is 0 Å². The standard InChI is InChI=1S/C20H27N5O5/c1-12-6-16(30-24-12)9-19(26)21-18-10-17(22-23-18)14-3-2-13(7-14)8-15-11-29-5-4-25(15)20(27)28/h6,10,13-15H,2-5,7-9,11H2,1H3,(H,27,28)(H2,21,22,23,26)/t13?,14?,15-/m1/s1. The summed E-state index contributed by atoms with van der Waals surface area (Å²) in [6.45, 7) is 3.18. The van der Waals surface area contributed by atoms with Gasteiger partial charge in [-0.1, -0.05) is 5.16 Å². The van der Waals surface area contributed by atoms with E-state index in [9.17, 15) is 14.7 Å². The number of H-pyrrole nitrogens is 1. The first-order valence-corrected chi connectivity index (χ1v) is 10.3. The van der Waals surface area contributed by atoms with Crippen molar-refractivity contribution in [2.45, 2.75) is 51.0 Å². The number of anilines is 1. The maximum Gasteiger partial charge on any atom is 0.407 e. The molecule has 2 unspecified atom stereocenters. The van der Waals surface area contributed by atoms with E-state index in [4.69, 9.17) is 9.26 Å². The Morgan fingerprint density at radius 3 is 3.00 bits per heavy atom. The molecular weight excluding hydrogens is 390 g/mol. The summed E-state index contributed by atoms with van der Waals surface area (Å²) in [4.78, 5) is 25.1. The van der Waals surface area contributed by atoms with Crippen molar-refractivity contribution in [2.75, 3.05) is 25.1 Å². The van der Waals surface area contributed by atoms with Gasteiger partial charge in [0.05, 0.1) is 31.4 Å². The molecule has 1 saturated heterocycles. The Morgan fingerprint density at radius 1 is 1.37 bits per heavy atom. The summed E-state index contributed by atoms with van der Waals surface area (Å²) in [5.74, 6) is 1.57. The highest BCUT2D eigenvalue weighted by Crippen LogP contribution is 2.40. The van der Waals surface area contributed by atoms with Crippen LogP contribution in [0.15, 0.2) is 16.7 Å². The monoisotopic (exact) mass is 417 g/mol. The lowest BCUT2D eigenvalue weighted by molar-refractivity contribution is -0.115. The van der Waals surface area contributed by atoms with Gasteiger partial charge in [0.25, 0.3) is 0 Å². The van der Waals surface area contributed by atoms with E-state index in [1.165, 1.54) is 4.90 Å². The van der Waals surface area contributed by atoms with E-state index in [0.717, 1.165) is 37.1 Å². The van der Waals surface area contributed by atoms with Gasteiger partial charge in [-0.3, -0.25) is 9.89 Å². The number of rotatable bonds is 6. The molecule has 0 spiro atoms. The largest absolute Gasteiger partial charge is 0.465 e. The number of carbonyl (C=O) groups excluding carboxylic acids is 1. The molecule has 3 N–H and O–H groups in total. The first-order valence-electron chi connectivity index (χ1n) is 10.3. The third-order valence-electron chi connectivity index (χ3n) is 5.94. The fourth-order valence-electron chi connectivity index (χ4n) is 4.51. The van der Waals surface area contributed by atoms with Gasteiger partial charge in [0, 0.05) is 30.3 Å². The minimum Gasteiger partial charge on any atom is -0.465 e. The predicted octanol–water partition coefficient (Wildman–Crippen LogP) is 2.54. The Kier molecular flexibility index (Phi) is 6.03. The summed E-state index contributed by atoms with van der Waals surface area (Å²) >= 11 is 0. The number of hydrogen-bond acceptors (Lipinski definition) is 6. The highest BCUT2D eigenvalue weighted by molar-refractivity contribution is 5.91. The lowest BCUT2D eigenvalue weighted by Crippen LogP contribution is -2.48. The van der Waals surface area contributed by atoms with Gasteiger partial charge in [0.2, 0.25) is 5.91 Å². The molecule has 2 fully saturated rings. The Bertz CT molecular complexity index is 894. The minimum absolute atomic E-state index is 0.0728. The van der Waals surface area contributed by atoms with Crippen LogP contribution in [-0.4, -0.2) is 63.2 Å². The van der Waals surface area contributed by atoms with Gasteiger partial charge in [-0.05, 0) is 38.5 Å². The van der Waals surface area contributed by atoms with E-state index in [0.29, 0.717) is 43.2 Å². The number of morpholine rings is 1. The number of carboxylic acid groups (broad SMARTS) is 1. The second-order valence-corrected chi connectivity index (χ2v) is 8.18. The van der Waals surface area contributed by atoms with Crippen molar-refractivity contribution >= 4 is 17.8 Å². The van der Waals surface area contributed by atoms with E-state index in [1.54, 1.807) is 13.0 Å². The number of aromatic nitrogens is 3. The quantitative estimate of drug-likeness (QED) is 0.657. The molecule has 2 amide bonds. The summed E-state index contributed by atoms with van der Waals surface area (Å²) < 4.78 is 10.6. The third-order valence-corrected chi connectivity index (χ3v) is 5.94.